The van der Waals surface area contributed by atoms with Crippen LogP contribution >= 0.6 is 0 Å². The summed E-state index contributed by atoms with van der Waals surface area (Å²) < 4.78 is 14.7. The van der Waals surface area contributed by atoms with Crippen molar-refractivity contribution in [3.63, 3.8) is 0 Å². The zero-order valence-corrected chi connectivity index (χ0v) is 16.0. The lowest BCUT2D eigenvalue weighted by atomic mass is 10.2. The number of benzene rings is 2. The summed E-state index contributed by atoms with van der Waals surface area (Å²) in [7, 11) is 2.30. The number of alkyl carbamates (subject to hydrolysis) is 1. The minimum atomic E-state index is -0.950. The summed E-state index contributed by atoms with van der Waals surface area (Å²) in [4.78, 5) is 38.1. The van der Waals surface area contributed by atoms with Crippen LogP contribution in [0, 0.1) is 0 Å². The van der Waals surface area contributed by atoms with Gasteiger partial charge in [-0.1, -0.05) is 18.2 Å². The number of ether oxygens (including phenoxy) is 3. The van der Waals surface area contributed by atoms with Gasteiger partial charge >= 0.3 is 12.2 Å². The zero-order valence-electron chi connectivity index (χ0n) is 16.0. The molecule has 0 aromatic heterocycles. The van der Waals surface area contributed by atoms with E-state index in [4.69, 9.17) is 4.74 Å². The first-order valence-corrected chi connectivity index (χ1v) is 8.34. The van der Waals surface area contributed by atoms with Gasteiger partial charge in [0.05, 0.1) is 25.6 Å². The lowest BCUT2D eigenvalue weighted by Gasteiger charge is -2.16. The molecule has 0 aliphatic rings. The number of nitrogens with zero attached hydrogens (tertiary/aromatic N) is 1. The van der Waals surface area contributed by atoms with Crippen LogP contribution in [0.1, 0.15) is 6.92 Å². The number of guanidine groups is 1. The van der Waals surface area contributed by atoms with Gasteiger partial charge in [0.1, 0.15) is 11.5 Å². The Kier molecular flexibility index (Phi) is 7.54. The van der Waals surface area contributed by atoms with Crippen LogP contribution < -0.4 is 20.7 Å². The molecule has 0 spiro atoms. The van der Waals surface area contributed by atoms with Gasteiger partial charge in [-0.3, -0.25) is 10.1 Å². The summed E-state index contributed by atoms with van der Waals surface area (Å²) in [6.07, 6.45) is -1.81. The van der Waals surface area contributed by atoms with Crippen LogP contribution in [0.2, 0.25) is 0 Å². The fraction of sp³-hybridized carbons (Fsp3) is 0.158. The number of anilines is 2. The van der Waals surface area contributed by atoms with Crippen molar-refractivity contribution < 1.29 is 28.6 Å². The molecule has 0 bridgehead atoms. The van der Waals surface area contributed by atoms with Gasteiger partial charge in [0, 0.05) is 13.0 Å². The predicted octanol–water partition coefficient (Wildman–Crippen LogP) is 3.33. The van der Waals surface area contributed by atoms with Gasteiger partial charge in [-0.05, 0) is 24.3 Å². The van der Waals surface area contributed by atoms with Crippen LogP contribution in [0.5, 0.6) is 11.5 Å². The summed E-state index contributed by atoms with van der Waals surface area (Å²) in [6, 6.07) is 13.9. The van der Waals surface area contributed by atoms with Gasteiger partial charge in [0.2, 0.25) is 11.9 Å². The van der Waals surface area contributed by atoms with Gasteiger partial charge < -0.3 is 24.8 Å². The molecule has 0 aliphatic heterocycles. The highest BCUT2D eigenvalue weighted by atomic mass is 16.5. The molecule has 0 aliphatic carbocycles. The number of hydrogen-bond donors (Lipinski definition) is 3. The molecule has 0 heterocycles. The summed E-state index contributed by atoms with van der Waals surface area (Å²) in [6.45, 7) is 1.34. The Bertz CT molecular complexity index is 914. The third-order valence-corrected chi connectivity index (χ3v) is 3.32. The van der Waals surface area contributed by atoms with Crippen LogP contribution in [0.25, 0.3) is 0 Å². The number of amides is 3. The smallest absolute Gasteiger partial charge is 0.436 e. The number of methoxy groups -OCH3 is 2. The average Bonchev–Trinajstić information content (AvgIpc) is 2.70. The quantitative estimate of drug-likeness (QED) is 0.530. The number of carbonyl (C=O) groups excluding carboxylic acids is 3. The molecule has 2 rings (SSSR count). The van der Waals surface area contributed by atoms with Crippen molar-refractivity contribution in [2.45, 2.75) is 6.92 Å². The van der Waals surface area contributed by atoms with Crippen molar-refractivity contribution in [3.05, 3.63) is 48.5 Å². The van der Waals surface area contributed by atoms with Crippen LogP contribution in [0.4, 0.5) is 21.0 Å². The SMILES string of the molecule is COC(=O)N=C(NC(=O)OC)Nc1ccc(Oc2ccccc2)cc1NC(C)=O. The molecule has 0 saturated heterocycles. The second-order valence-corrected chi connectivity index (χ2v) is 5.48. The first-order chi connectivity index (χ1) is 13.9. The number of rotatable bonds is 4. The van der Waals surface area contributed by atoms with Gasteiger partial charge in [0.15, 0.2) is 0 Å². The van der Waals surface area contributed by atoms with Crippen molar-refractivity contribution in [2.75, 3.05) is 24.9 Å². The predicted molar refractivity (Wildman–Crippen MR) is 106 cm³/mol. The van der Waals surface area contributed by atoms with E-state index < -0.39 is 12.2 Å². The highest BCUT2D eigenvalue weighted by Gasteiger charge is 2.13. The van der Waals surface area contributed by atoms with E-state index in [0.717, 1.165) is 14.2 Å². The maximum absolute atomic E-state index is 11.6. The van der Waals surface area contributed by atoms with E-state index in [0.29, 0.717) is 22.9 Å². The van der Waals surface area contributed by atoms with E-state index in [9.17, 15) is 14.4 Å². The molecule has 0 unspecified atom stereocenters. The molecule has 10 heteroatoms. The molecule has 10 nitrogen and oxygen atoms in total. The molecular weight excluding hydrogens is 380 g/mol. The minimum Gasteiger partial charge on any atom is -0.457 e. The Morgan fingerprint density at radius 3 is 2.21 bits per heavy atom. The van der Waals surface area contributed by atoms with Crippen molar-refractivity contribution >= 4 is 35.4 Å². The van der Waals surface area contributed by atoms with Crippen LogP contribution in [-0.4, -0.2) is 38.3 Å². The first kappa shape index (κ1) is 21.2. The minimum absolute atomic E-state index is 0.257. The number of carbonyl (C=O) groups is 3. The van der Waals surface area contributed by atoms with Gasteiger partial charge in [0.25, 0.3) is 0 Å². The Morgan fingerprint density at radius 1 is 0.862 bits per heavy atom. The van der Waals surface area contributed by atoms with E-state index in [1.807, 2.05) is 18.2 Å². The normalized spacial score (nSPS) is 10.5. The van der Waals surface area contributed by atoms with Gasteiger partial charge in [-0.25, -0.2) is 9.59 Å². The second-order valence-electron chi connectivity index (χ2n) is 5.48. The number of para-hydroxylation sites is 1. The Morgan fingerprint density at radius 2 is 1.59 bits per heavy atom. The Hall–Kier alpha value is -4.08. The molecular formula is C19H20N4O6. The van der Waals surface area contributed by atoms with E-state index in [1.54, 1.807) is 30.3 Å². The molecule has 3 N–H and O–H groups in total. The Labute approximate surface area is 166 Å². The summed E-state index contributed by atoms with van der Waals surface area (Å²) in [5.41, 5.74) is 0.662. The van der Waals surface area contributed by atoms with Crippen molar-refractivity contribution in [3.8, 4) is 11.5 Å². The topological polar surface area (TPSA) is 127 Å². The van der Waals surface area contributed by atoms with E-state index in [2.05, 4.69) is 30.4 Å². The number of nitrogens with one attached hydrogen (secondary N) is 3. The Balaban J connectivity index is 2.33. The maximum atomic E-state index is 11.6. The fourth-order valence-electron chi connectivity index (χ4n) is 2.11. The monoisotopic (exact) mass is 400 g/mol. The van der Waals surface area contributed by atoms with E-state index in [1.165, 1.54) is 6.92 Å². The summed E-state index contributed by atoms with van der Waals surface area (Å²) in [5, 5.41) is 7.63. The van der Waals surface area contributed by atoms with Crippen LogP contribution in [0.15, 0.2) is 53.5 Å². The average molecular weight is 400 g/mol. The molecule has 0 fully saturated rings. The molecule has 0 radical (unpaired) electrons. The largest absolute Gasteiger partial charge is 0.457 e. The third-order valence-electron chi connectivity index (χ3n) is 3.32. The number of hydrogen-bond acceptors (Lipinski definition) is 6. The van der Waals surface area contributed by atoms with Crippen molar-refractivity contribution in [2.24, 2.45) is 4.99 Å². The standard InChI is InChI=1S/C19H20N4O6/c1-12(24)20-16-11-14(29-13-7-5-4-6-8-13)9-10-15(16)21-17(22-18(25)27-2)23-19(26)28-3/h4-11H,1-3H3,(H,20,24)(H2,21,22,23,25,26). The molecule has 2 aromatic rings. The molecule has 3 amide bonds. The second kappa shape index (κ2) is 10.3. The van der Waals surface area contributed by atoms with E-state index in [-0.39, 0.29) is 11.9 Å². The molecule has 29 heavy (non-hydrogen) atoms. The zero-order chi connectivity index (χ0) is 21.2. The highest BCUT2D eigenvalue weighted by Crippen LogP contribution is 2.30. The first-order valence-electron chi connectivity index (χ1n) is 8.34. The van der Waals surface area contributed by atoms with Gasteiger partial charge in [-0.2, -0.15) is 0 Å². The molecule has 152 valence electrons. The molecule has 0 saturated carbocycles. The summed E-state index contributed by atoms with van der Waals surface area (Å²) in [5.74, 6) is 0.476. The van der Waals surface area contributed by atoms with Gasteiger partial charge in [-0.15, -0.1) is 4.99 Å². The van der Waals surface area contributed by atoms with Crippen LogP contribution in [-0.2, 0) is 14.3 Å². The summed E-state index contributed by atoms with van der Waals surface area (Å²) >= 11 is 0. The highest BCUT2D eigenvalue weighted by molar-refractivity contribution is 6.08. The lowest BCUT2D eigenvalue weighted by Crippen LogP contribution is -2.36. The van der Waals surface area contributed by atoms with Crippen molar-refractivity contribution in [1.82, 2.24) is 5.32 Å². The third kappa shape index (κ3) is 6.86. The van der Waals surface area contributed by atoms with Crippen molar-refractivity contribution in [1.29, 1.82) is 0 Å². The maximum Gasteiger partial charge on any atom is 0.436 e. The molecule has 2 aromatic carbocycles. The van der Waals surface area contributed by atoms with E-state index >= 15 is 0 Å². The lowest BCUT2D eigenvalue weighted by molar-refractivity contribution is -0.114. The fourth-order valence-corrected chi connectivity index (χ4v) is 2.11. The molecule has 0 atom stereocenters. The number of aliphatic imine (C=N–C) groups is 1. The van der Waals surface area contributed by atoms with Crippen LogP contribution in [0.3, 0.4) is 0 Å².